The Bertz CT molecular complexity index is 990. The summed E-state index contributed by atoms with van der Waals surface area (Å²) in [7, 11) is -1.46. The number of sulfone groups is 1. The zero-order chi connectivity index (χ0) is 21.1. The van der Waals surface area contributed by atoms with Gasteiger partial charge in [0.1, 0.15) is 5.75 Å². The maximum Gasteiger partial charge on any atom is 0.272 e. The number of nitrogens with one attached hydrogen (secondary N) is 1. The summed E-state index contributed by atoms with van der Waals surface area (Å²) < 4.78 is 31.1. The van der Waals surface area contributed by atoms with Crippen molar-refractivity contribution < 1.29 is 17.9 Å². The van der Waals surface area contributed by atoms with Gasteiger partial charge in [-0.15, -0.1) is 0 Å². The molecule has 0 unspecified atom stereocenters. The van der Waals surface area contributed by atoms with E-state index >= 15 is 0 Å². The Morgan fingerprint density at radius 3 is 2.40 bits per heavy atom. The van der Waals surface area contributed by atoms with E-state index in [4.69, 9.17) is 4.74 Å². The molecule has 2 aliphatic rings. The van der Waals surface area contributed by atoms with Crippen LogP contribution in [-0.4, -0.2) is 48.8 Å². The lowest BCUT2D eigenvalue weighted by Gasteiger charge is -2.15. The SMILES string of the molecule is COc1ccc(-c2cc(C(=O)NC3CCCCCC3)nn2[C@@H]2CCS(=O)(=O)C2)cc1. The number of methoxy groups -OCH3 is 1. The van der Waals surface area contributed by atoms with Crippen LogP contribution in [0.25, 0.3) is 11.3 Å². The summed E-state index contributed by atoms with van der Waals surface area (Å²) >= 11 is 0. The van der Waals surface area contributed by atoms with Gasteiger partial charge in [-0.1, -0.05) is 25.7 Å². The van der Waals surface area contributed by atoms with Gasteiger partial charge in [-0.25, -0.2) is 8.42 Å². The molecule has 1 saturated heterocycles. The predicted octanol–water partition coefficient (Wildman–Crippen LogP) is 3.37. The smallest absolute Gasteiger partial charge is 0.272 e. The third-order valence-corrected chi connectivity index (χ3v) is 7.85. The molecule has 1 amide bonds. The van der Waals surface area contributed by atoms with Gasteiger partial charge in [-0.2, -0.15) is 5.10 Å². The molecule has 1 atom stereocenters. The molecule has 30 heavy (non-hydrogen) atoms. The average Bonchev–Trinajstić information content (AvgIpc) is 3.24. The molecule has 2 heterocycles. The maximum atomic E-state index is 12.9. The molecule has 1 N–H and O–H groups in total. The number of amides is 1. The number of rotatable bonds is 5. The van der Waals surface area contributed by atoms with Gasteiger partial charge >= 0.3 is 0 Å². The van der Waals surface area contributed by atoms with Crippen molar-refractivity contribution in [1.82, 2.24) is 15.1 Å². The highest BCUT2D eigenvalue weighted by Crippen LogP contribution is 2.31. The van der Waals surface area contributed by atoms with E-state index in [1.54, 1.807) is 17.9 Å². The minimum Gasteiger partial charge on any atom is -0.497 e. The molecule has 1 saturated carbocycles. The van der Waals surface area contributed by atoms with Gasteiger partial charge in [0.2, 0.25) is 0 Å². The second-order valence-electron chi connectivity index (χ2n) is 8.31. The number of nitrogens with zero attached hydrogens (tertiary/aromatic N) is 2. The van der Waals surface area contributed by atoms with Crippen molar-refractivity contribution in [1.29, 1.82) is 0 Å². The van der Waals surface area contributed by atoms with Gasteiger partial charge in [-0.05, 0) is 49.6 Å². The first-order chi connectivity index (χ1) is 14.4. The lowest BCUT2D eigenvalue weighted by Crippen LogP contribution is -2.34. The summed E-state index contributed by atoms with van der Waals surface area (Å²) in [4.78, 5) is 12.9. The highest BCUT2D eigenvalue weighted by Gasteiger charge is 2.32. The Hall–Kier alpha value is -2.35. The van der Waals surface area contributed by atoms with Crippen LogP contribution in [0.2, 0.25) is 0 Å². The van der Waals surface area contributed by atoms with Gasteiger partial charge in [0.15, 0.2) is 15.5 Å². The average molecular weight is 432 g/mol. The van der Waals surface area contributed by atoms with Crippen LogP contribution in [0.15, 0.2) is 30.3 Å². The summed E-state index contributed by atoms with van der Waals surface area (Å²) in [6.45, 7) is 0. The largest absolute Gasteiger partial charge is 0.497 e. The van der Waals surface area contributed by atoms with Gasteiger partial charge in [0, 0.05) is 11.6 Å². The number of carbonyl (C=O) groups is 1. The first-order valence-electron chi connectivity index (χ1n) is 10.7. The van der Waals surface area contributed by atoms with Crippen LogP contribution in [0.4, 0.5) is 0 Å². The molecule has 162 valence electrons. The van der Waals surface area contributed by atoms with Gasteiger partial charge < -0.3 is 10.1 Å². The van der Waals surface area contributed by atoms with E-state index in [2.05, 4.69) is 10.4 Å². The van der Waals surface area contributed by atoms with E-state index in [1.807, 2.05) is 24.3 Å². The summed E-state index contributed by atoms with van der Waals surface area (Å²) in [5.41, 5.74) is 1.97. The Kier molecular flexibility index (Phi) is 6.13. The Morgan fingerprint density at radius 2 is 1.80 bits per heavy atom. The van der Waals surface area contributed by atoms with Crippen LogP contribution in [0.5, 0.6) is 5.75 Å². The molecule has 1 aromatic heterocycles. The Morgan fingerprint density at radius 1 is 1.10 bits per heavy atom. The standard InChI is InChI=1S/C22H29N3O4S/c1-29-19-10-8-16(9-11-19)21-14-20(22(26)23-17-6-4-2-3-5-7-17)24-25(21)18-12-13-30(27,28)15-18/h8-11,14,17-18H,2-7,12-13,15H2,1H3,(H,23,26)/t18-/m1/s1. The monoisotopic (exact) mass is 431 g/mol. The molecule has 7 nitrogen and oxygen atoms in total. The minimum atomic E-state index is -3.07. The van der Waals surface area contributed by atoms with Crippen molar-refractivity contribution in [2.24, 2.45) is 0 Å². The topological polar surface area (TPSA) is 90.3 Å². The fraction of sp³-hybridized carbons (Fsp3) is 0.545. The molecule has 2 aromatic rings. The third-order valence-electron chi connectivity index (χ3n) is 6.10. The molecule has 4 rings (SSSR count). The Labute approximate surface area is 177 Å². The van der Waals surface area contributed by atoms with Crippen LogP contribution in [0.3, 0.4) is 0 Å². The van der Waals surface area contributed by atoms with Crippen LogP contribution in [0.1, 0.15) is 61.5 Å². The van der Waals surface area contributed by atoms with Crippen LogP contribution in [0, 0.1) is 0 Å². The van der Waals surface area contributed by atoms with Crippen molar-refractivity contribution >= 4 is 15.7 Å². The third kappa shape index (κ3) is 4.69. The zero-order valence-electron chi connectivity index (χ0n) is 17.3. The lowest BCUT2D eigenvalue weighted by molar-refractivity contribution is 0.0927. The molecule has 1 aliphatic carbocycles. The lowest BCUT2D eigenvalue weighted by atomic mass is 10.1. The number of hydrogen-bond donors (Lipinski definition) is 1. The molecule has 0 bridgehead atoms. The van der Waals surface area contributed by atoms with Crippen LogP contribution < -0.4 is 10.1 Å². The van der Waals surface area contributed by atoms with Crippen molar-refractivity contribution in [2.45, 2.75) is 57.0 Å². The van der Waals surface area contributed by atoms with Gasteiger partial charge in [0.25, 0.3) is 5.91 Å². The van der Waals surface area contributed by atoms with Crippen molar-refractivity contribution in [3.05, 3.63) is 36.0 Å². The Balaban J connectivity index is 1.63. The summed E-state index contributed by atoms with van der Waals surface area (Å²) in [6.07, 6.45) is 7.22. The van der Waals surface area contributed by atoms with Crippen molar-refractivity contribution in [3.63, 3.8) is 0 Å². The number of ether oxygens (including phenoxy) is 1. The zero-order valence-corrected chi connectivity index (χ0v) is 18.2. The van der Waals surface area contributed by atoms with Gasteiger partial charge in [-0.3, -0.25) is 9.48 Å². The summed E-state index contributed by atoms with van der Waals surface area (Å²) in [5.74, 6) is 0.765. The second kappa shape index (κ2) is 8.79. The molecular formula is C22H29N3O4S. The molecular weight excluding hydrogens is 402 g/mol. The van der Waals surface area contributed by atoms with Crippen LogP contribution >= 0.6 is 0 Å². The molecule has 0 spiro atoms. The number of hydrogen-bond acceptors (Lipinski definition) is 5. The normalized spacial score (nSPS) is 21.8. The molecule has 1 aliphatic heterocycles. The van der Waals surface area contributed by atoms with Gasteiger partial charge in [0.05, 0.1) is 30.4 Å². The highest BCUT2D eigenvalue weighted by molar-refractivity contribution is 7.91. The second-order valence-corrected chi connectivity index (χ2v) is 10.5. The van der Waals surface area contributed by atoms with E-state index in [1.165, 1.54) is 12.8 Å². The van der Waals surface area contributed by atoms with Crippen molar-refractivity contribution in [3.8, 4) is 17.0 Å². The first-order valence-corrected chi connectivity index (χ1v) is 12.5. The molecule has 0 radical (unpaired) electrons. The molecule has 1 aromatic carbocycles. The predicted molar refractivity (Wildman–Crippen MR) is 115 cm³/mol. The van der Waals surface area contributed by atoms with E-state index in [0.717, 1.165) is 42.7 Å². The van der Waals surface area contributed by atoms with Crippen molar-refractivity contribution in [2.75, 3.05) is 18.6 Å². The number of benzene rings is 1. The number of carbonyl (C=O) groups excluding carboxylic acids is 1. The highest BCUT2D eigenvalue weighted by atomic mass is 32.2. The summed E-state index contributed by atoms with van der Waals surface area (Å²) in [5, 5.41) is 7.71. The van der Waals surface area contributed by atoms with E-state index in [-0.39, 0.29) is 29.5 Å². The fourth-order valence-corrected chi connectivity index (χ4v) is 6.10. The fourth-order valence-electron chi connectivity index (χ4n) is 4.41. The molecule has 2 fully saturated rings. The number of aromatic nitrogens is 2. The minimum absolute atomic E-state index is 0.0571. The summed E-state index contributed by atoms with van der Waals surface area (Å²) in [6, 6.07) is 9.21. The van der Waals surface area contributed by atoms with E-state index in [9.17, 15) is 13.2 Å². The first kappa shape index (κ1) is 20.9. The molecule has 8 heteroatoms. The maximum absolute atomic E-state index is 12.9. The quantitative estimate of drug-likeness (QED) is 0.733. The van der Waals surface area contributed by atoms with E-state index in [0.29, 0.717) is 12.1 Å². The van der Waals surface area contributed by atoms with Crippen LogP contribution in [-0.2, 0) is 9.84 Å². The van der Waals surface area contributed by atoms with E-state index < -0.39 is 9.84 Å².